The Balaban J connectivity index is 4.64. The molecule has 22 heavy (non-hydrogen) atoms. The summed E-state index contributed by atoms with van der Waals surface area (Å²) in [5, 5.41) is 0. The Labute approximate surface area is 132 Å². The van der Waals surface area contributed by atoms with Gasteiger partial charge in [0.2, 0.25) is 0 Å². The van der Waals surface area contributed by atoms with Crippen LogP contribution in [0.5, 0.6) is 0 Å². The van der Waals surface area contributed by atoms with Crippen LogP contribution in [0.2, 0.25) is 0 Å². The van der Waals surface area contributed by atoms with Gasteiger partial charge in [-0.15, -0.1) is 0 Å². The first-order chi connectivity index (χ1) is 10.1. The summed E-state index contributed by atoms with van der Waals surface area (Å²) < 4.78 is 14.8. The van der Waals surface area contributed by atoms with Gasteiger partial charge in [-0.25, -0.2) is 0 Å². The largest absolute Gasteiger partial charge is 0.412 e. The molecule has 0 saturated heterocycles. The quantitative estimate of drug-likeness (QED) is 0.480. The Kier molecular flexibility index (Phi) is 9.45. The molecule has 0 heterocycles. The van der Waals surface area contributed by atoms with E-state index < -0.39 is 24.4 Å². The van der Waals surface area contributed by atoms with Crippen molar-refractivity contribution in [2.75, 3.05) is 0 Å². The maximum atomic E-state index is 11.7. The molecule has 0 saturated carbocycles. The number of ether oxygens (including phenoxy) is 3. The second-order valence-corrected chi connectivity index (χ2v) is 6.55. The predicted octanol–water partition coefficient (Wildman–Crippen LogP) is 3.04. The van der Waals surface area contributed by atoms with Crippen molar-refractivity contribution in [2.24, 2.45) is 17.8 Å². The van der Waals surface area contributed by atoms with Crippen molar-refractivity contribution in [3.8, 4) is 0 Å². The molecule has 0 rings (SSSR count). The molecule has 0 amide bonds. The summed E-state index contributed by atoms with van der Waals surface area (Å²) >= 11 is 0. The lowest BCUT2D eigenvalue weighted by molar-refractivity contribution is -0.258. The SMILES string of the molecule is CC(C)CC(=O)OC(OC(=O)CC(C)C)OC(=O)CC(C)C. The molecule has 0 aromatic heterocycles. The highest BCUT2D eigenvalue weighted by atomic mass is 16.9. The minimum atomic E-state index is -1.61. The average molecular weight is 316 g/mol. The lowest BCUT2D eigenvalue weighted by Gasteiger charge is -2.19. The predicted molar refractivity (Wildman–Crippen MR) is 80.4 cm³/mol. The summed E-state index contributed by atoms with van der Waals surface area (Å²) in [5.41, 5.74) is 0. The molecule has 0 aromatic carbocycles. The van der Waals surface area contributed by atoms with E-state index in [9.17, 15) is 14.4 Å². The van der Waals surface area contributed by atoms with E-state index >= 15 is 0 Å². The highest BCUT2D eigenvalue weighted by Crippen LogP contribution is 2.11. The third kappa shape index (κ3) is 11.1. The van der Waals surface area contributed by atoms with Crippen molar-refractivity contribution < 1.29 is 28.6 Å². The zero-order valence-corrected chi connectivity index (χ0v) is 14.4. The second kappa shape index (κ2) is 10.2. The zero-order valence-electron chi connectivity index (χ0n) is 14.4. The van der Waals surface area contributed by atoms with Gasteiger partial charge >= 0.3 is 24.4 Å². The van der Waals surface area contributed by atoms with Gasteiger partial charge in [-0.1, -0.05) is 41.5 Å². The highest BCUT2D eigenvalue weighted by Gasteiger charge is 2.24. The van der Waals surface area contributed by atoms with E-state index in [1.54, 1.807) is 0 Å². The Hall–Kier alpha value is -1.59. The molecule has 0 radical (unpaired) electrons. The molecule has 128 valence electrons. The van der Waals surface area contributed by atoms with Crippen molar-refractivity contribution in [2.45, 2.75) is 67.3 Å². The molecule has 0 fully saturated rings. The maximum absolute atomic E-state index is 11.7. The summed E-state index contributed by atoms with van der Waals surface area (Å²) in [6.07, 6.45) is 0.458. The molecule has 0 aliphatic carbocycles. The number of hydrogen-bond donors (Lipinski definition) is 0. The highest BCUT2D eigenvalue weighted by molar-refractivity contribution is 5.73. The van der Waals surface area contributed by atoms with Gasteiger partial charge in [-0.05, 0) is 17.8 Å². The molecule has 0 aliphatic rings. The van der Waals surface area contributed by atoms with Crippen LogP contribution in [0.3, 0.4) is 0 Å². The third-order valence-corrected chi connectivity index (χ3v) is 2.41. The van der Waals surface area contributed by atoms with Gasteiger partial charge in [0, 0.05) is 19.3 Å². The van der Waals surface area contributed by atoms with E-state index in [-0.39, 0.29) is 37.0 Å². The van der Waals surface area contributed by atoms with Crippen molar-refractivity contribution in [3.63, 3.8) is 0 Å². The van der Waals surface area contributed by atoms with Crippen LogP contribution in [0.25, 0.3) is 0 Å². The molecule has 0 bridgehead atoms. The molecular weight excluding hydrogens is 288 g/mol. The van der Waals surface area contributed by atoms with Crippen molar-refractivity contribution >= 4 is 17.9 Å². The van der Waals surface area contributed by atoms with Crippen molar-refractivity contribution in [1.82, 2.24) is 0 Å². The lowest BCUT2D eigenvalue weighted by atomic mass is 10.1. The Morgan fingerprint density at radius 3 is 1.00 bits per heavy atom. The first kappa shape index (κ1) is 20.4. The summed E-state index contributed by atoms with van der Waals surface area (Å²) in [6, 6.07) is 0. The van der Waals surface area contributed by atoms with E-state index in [4.69, 9.17) is 14.2 Å². The maximum Gasteiger partial charge on any atom is 0.412 e. The molecule has 6 heteroatoms. The smallest absolute Gasteiger partial charge is 0.390 e. The van der Waals surface area contributed by atoms with Crippen LogP contribution >= 0.6 is 0 Å². The summed E-state index contributed by atoms with van der Waals surface area (Å²) in [5.74, 6) is -1.46. The summed E-state index contributed by atoms with van der Waals surface area (Å²) in [4.78, 5) is 35.0. The normalized spacial score (nSPS) is 11.2. The second-order valence-electron chi connectivity index (χ2n) is 6.55. The average Bonchev–Trinajstić information content (AvgIpc) is 2.23. The van der Waals surface area contributed by atoms with Crippen LogP contribution in [0.4, 0.5) is 0 Å². The fourth-order valence-corrected chi connectivity index (χ4v) is 1.54. The van der Waals surface area contributed by atoms with E-state index in [1.165, 1.54) is 0 Å². The molecule has 0 N–H and O–H groups in total. The molecular formula is C16H28O6. The van der Waals surface area contributed by atoms with Crippen LogP contribution in [-0.4, -0.2) is 24.4 Å². The monoisotopic (exact) mass is 316 g/mol. The van der Waals surface area contributed by atoms with Crippen LogP contribution in [0, 0.1) is 17.8 Å². The Morgan fingerprint density at radius 1 is 0.591 bits per heavy atom. The minimum Gasteiger partial charge on any atom is -0.390 e. The van der Waals surface area contributed by atoms with E-state index in [0.717, 1.165) is 0 Å². The van der Waals surface area contributed by atoms with Crippen LogP contribution in [0.1, 0.15) is 60.8 Å². The van der Waals surface area contributed by atoms with Crippen LogP contribution in [-0.2, 0) is 28.6 Å². The van der Waals surface area contributed by atoms with Crippen molar-refractivity contribution in [3.05, 3.63) is 0 Å². The van der Waals surface area contributed by atoms with Gasteiger partial charge in [0.15, 0.2) is 0 Å². The topological polar surface area (TPSA) is 78.9 Å². The number of hydrogen-bond acceptors (Lipinski definition) is 6. The van der Waals surface area contributed by atoms with E-state index in [1.807, 2.05) is 41.5 Å². The number of esters is 3. The molecule has 0 spiro atoms. The lowest BCUT2D eigenvalue weighted by Crippen LogP contribution is -2.31. The van der Waals surface area contributed by atoms with Gasteiger partial charge < -0.3 is 14.2 Å². The minimum absolute atomic E-state index is 0.0888. The standard InChI is InChI=1S/C16H28O6/c1-10(2)7-13(17)20-16(21-14(18)8-11(3)4)22-15(19)9-12(5)6/h10-12,16H,7-9H2,1-6H3. The number of rotatable bonds is 9. The van der Waals surface area contributed by atoms with E-state index in [0.29, 0.717) is 0 Å². The first-order valence-electron chi connectivity index (χ1n) is 7.68. The number of carbonyl (C=O) groups is 3. The third-order valence-electron chi connectivity index (χ3n) is 2.41. The summed E-state index contributed by atoms with van der Waals surface area (Å²) in [7, 11) is 0. The van der Waals surface area contributed by atoms with Gasteiger partial charge in [-0.3, -0.25) is 14.4 Å². The van der Waals surface area contributed by atoms with Gasteiger partial charge in [0.1, 0.15) is 0 Å². The van der Waals surface area contributed by atoms with Gasteiger partial charge in [0.25, 0.3) is 0 Å². The Bertz CT molecular complexity index is 316. The van der Waals surface area contributed by atoms with Crippen LogP contribution in [0.15, 0.2) is 0 Å². The fraction of sp³-hybridized carbons (Fsp3) is 0.812. The number of carbonyl (C=O) groups excluding carboxylic acids is 3. The first-order valence-corrected chi connectivity index (χ1v) is 7.68. The molecule has 0 aliphatic heterocycles. The molecule has 0 unspecified atom stereocenters. The zero-order chi connectivity index (χ0) is 17.3. The van der Waals surface area contributed by atoms with Gasteiger partial charge in [0.05, 0.1) is 0 Å². The summed E-state index contributed by atoms with van der Waals surface area (Å²) in [6.45, 7) is 9.51. The van der Waals surface area contributed by atoms with Gasteiger partial charge in [-0.2, -0.15) is 0 Å². The van der Waals surface area contributed by atoms with Crippen molar-refractivity contribution in [1.29, 1.82) is 0 Å². The van der Waals surface area contributed by atoms with E-state index in [2.05, 4.69) is 0 Å². The molecule has 0 atom stereocenters. The fourth-order valence-electron chi connectivity index (χ4n) is 1.54. The Morgan fingerprint density at radius 2 is 0.818 bits per heavy atom. The molecule has 6 nitrogen and oxygen atoms in total. The molecule has 0 aromatic rings. The van der Waals surface area contributed by atoms with Crippen LogP contribution < -0.4 is 0 Å².